The monoisotopic (exact) mass is 237 g/mol. The third-order valence-electron chi connectivity index (χ3n) is 2.31. The number of nitrogens with zero attached hydrogens (tertiary/aromatic N) is 1. The summed E-state index contributed by atoms with van der Waals surface area (Å²) in [5.74, 6) is 0. The number of allylic oxidation sites excluding steroid dienone is 3. The standard InChI is InChI=1S/C11H13N.C6H6/c1-3-4-5-6-11-7-8-12-9-10(11)2;1-2-4-6-5-3-1/h3-9H,1-2H3;1-6H/b4-3-,6-5-;. The maximum Gasteiger partial charge on any atom is 0.0303 e. The zero-order valence-corrected chi connectivity index (χ0v) is 11.0. The average molecular weight is 237 g/mol. The van der Waals surface area contributed by atoms with Gasteiger partial charge in [-0.15, -0.1) is 0 Å². The molecule has 92 valence electrons. The third-order valence-corrected chi connectivity index (χ3v) is 2.31. The Hall–Kier alpha value is -2.15. The Morgan fingerprint density at radius 1 is 0.944 bits per heavy atom. The van der Waals surface area contributed by atoms with E-state index in [9.17, 15) is 0 Å². The highest BCUT2D eigenvalue weighted by Gasteiger charge is 1.89. The van der Waals surface area contributed by atoms with E-state index in [1.807, 2.05) is 80.0 Å². The molecule has 2 aromatic rings. The highest BCUT2D eigenvalue weighted by atomic mass is 14.6. The molecule has 18 heavy (non-hydrogen) atoms. The maximum absolute atomic E-state index is 4.02. The summed E-state index contributed by atoms with van der Waals surface area (Å²) in [6.07, 6.45) is 11.8. The number of hydrogen-bond donors (Lipinski definition) is 0. The van der Waals surface area contributed by atoms with Gasteiger partial charge in [-0.3, -0.25) is 4.98 Å². The van der Waals surface area contributed by atoms with Crippen molar-refractivity contribution in [3.05, 3.63) is 84.2 Å². The number of aryl methyl sites for hydroxylation is 1. The van der Waals surface area contributed by atoms with Crippen molar-refractivity contribution in [3.8, 4) is 0 Å². The van der Waals surface area contributed by atoms with Gasteiger partial charge in [0.15, 0.2) is 0 Å². The van der Waals surface area contributed by atoms with Crippen molar-refractivity contribution in [2.75, 3.05) is 0 Å². The van der Waals surface area contributed by atoms with Crippen LogP contribution >= 0.6 is 0 Å². The predicted molar refractivity (Wildman–Crippen MR) is 79.3 cm³/mol. The van der Waals surface area contributed by atoms with Crippen LogP contribution in [0, 0.1) is 6.92 Å². The molecule has 0 saturated carbocycles. The molecule has 2 rings (SSSR count). The Morgan fingerprint density at radius 3 is 2.06 bits per heavy atom. The first-order valence-electron chi connectivity index (χ1n) is 6.04. The Balaban J connectivity index is 0.000000225. The van der Waals surface area contributed by atoms with E-state index in [-0.39, 0.29) is 0 Å². The van der Waals surface area contributed by atoms with Crippen molar-refractivity contribution in [1.82, 2.24) is 4.98 Å². The molecular formula is C17H19N. The molecular weight excluding hydrogens is 218 g/mol. The van der Waals surface area contributed by atoms with Crippen LogP contribution in [-0.4, -0.2) is 4.98 Å². The molecule has 0 fully saturated rings. The van der Waals surface area contributed by atoms with Gasteiger partial charge in [-0.2, -0.15) is 0 Å². The molecule has 1 nitrogen and oxygen atoms in total. The first kappa shape index (κ1) is 13.9. The number of rotatable bonds is 2. The molecule has 0 aliphatic carbocycles. The van der Waals surface area contributed by atoms with Crippen molar-refractivity contribution >= 4 is 6.08 Å². The molecule has 1 heterocycles. The van der Waals surface area contributed by atoms with Crippen molar-refractivity contribution in [2.45, 2.75) is 13.8 Å². The van der Waals surface area contributed by atoms with E-state index < -0.39 is 0 Å². The van der Waals surface area contributed by atoms with Crippen LogP contribution in [0.1, 0.15) is 18.1 Å². The predicted octanol–water partition coefficient (Wildman–Crippen LogP) is 4.67. The molecule has 0 amide bonds. The van der Waals surface area contributed by atoms with E-state index >= 15 is 0 Å². The number of pyridine rings is 1. The van der Waals surface area contributed by atoms with E-state index in [2.05, 4.69) is 18.0 Å². The molecule has 1 aromatic heterocycles. The normalized spacial score (nSPS) is 10.3. The smallest absolute Gasteiger partial charge is 0.0303 e. The van der Waals surface area contributed by atoms with Crippen LogP contribution in [0.4, 0.5) is 0 Å². The minimum atomic E-state index is 1.21. The molecule has 0 atom stereocenters. The van der Waals surface area contributed by atoms with Gasteiger partial charge < -0.3 is 0 Å². The summed E-state index contributed by atoms with van der Waals surface area (Å²) in [7, 11) is 0. The molecule has 0 bridgehead atoms. The lowest BCUT2D eigenvalue weighted by Crippen LogP contribution is -1.80. The van der Waals surface area contributed by atoms with E-state index in [0.717, 1.165) is 0 Å². The fourth-order valence-corrected chi connectivity index (χ4v) is 1.33. The summed E-state index contributed by atoms with van der Waals surface area (Å²) in [6.45, 7) is 4.06. The molecule has 0 unspecified atom stereocenters. The second kappa shape index (κ2) is 8.94. The number of benzene rings is 1. The topological polar surface area (TPSA) is 12.9 Å². The van der Waals surface area contributed by atoms with E-state index in [4.69, 9.17) is 0 Å². The number of aromatic nitrogens is 1. The molecule has 0 aliphatic rings. The van der Waals surface area contributed by atoms with Crippen LogP contribution in [0.5, 0.6) is 0 Å². The second-order valence-corrected chi connectivity index (χ2v) is 3.77. The van der Waals surface area contributed by atoms with Gasteiger partial charge in [0.1, 0.15) is 0 Å². The van der Waals surface area contributed by atoms with Gasteiger partial charge in [-0.05, 0) is 31.0 Å². The van der Waals surface area contributed by atoms with Crippen LogP contribution in [-0.2, 0) is 0 Å². The highest BCUT2D eigenvalue weighted by Crippen LogP contribution is 2.06. The van der Waals surface area contributed by atoms with E-state index in [1.54, 1.807) is 0 Å². The fourth-order valence-electron chi connectivity index (χ4n) is 1.33. The van der Waals surface area contributed by atoms with Crippen LogP contribution < -0.4 is 0 Å². The second-order valence-electron chi connectivity index (χ2n) is 3.77. The first-order valence-corrected chi connectivity index (χ1v) is 6.04. The van der Waals surface area contributed by atoms with Crippen LogP contribution in [0.3, 0.4) is 0 Å². The fraction of sp³-hybridized carbons (Fsp3) is 0.118. The van der Waals surface area contributed by atoms with E-state index in [0.29, 0.717) is 0 Å². The lowest BCUT2D eigenvalue weighted by Gasteiger charge is -1.95. The van der Waals surface area contributed by atoms with Crippen LogP contribution in [0.15, 0.2) is 73.1 Å². The number of hydrogen-bond acceptors (Lipinski definition) is 1. The maximum atomic E-state index is 4.02. The average Bonchev–Trinajstić information content (AvgIpc) is 2.44. The molecule has 0 spiro atoms. The van der Waals surface area contributed by atoms with Crippen molar-refractivity contribution in [3.63, 3.8) is 0 Å². The minimum absolute atomic E-state index is 1.21. The van der Waals surface area contributed by atoms with E-state index in [1.165, 1.54) is 11.1 Å². The van der Waals surface area contributed by atoms with Gasteiger partial charge in [0, 0.05) is 12.4 Å². The Morgan fingerprint density at radius 2 is 1.56 bits per heavy atom. The minimum Gasteiger partial charge on any atom is -0.264 e. The summed E-state index contributed by atoms with van der Waals surface area (Å²) in [5, 5.41) is 0. The summed E-state index contributed by atoms with van der Waals surface area (Å²) in [4.78, 5) is 4.02. The molecule has 0 radical (unpaired) electrons. The van der Waals surface area contributed by atoms with Gasteiger partial charge in [-0.1, -0.05) is 60.7 Å². The van der Waals surface area contributed by atoms with Gasteiger partial charge in [-0.25, -0.2) is 0 Å². The lowest BCUT2D eigenvalue weighted by molar-refractivity contribution is 1.26. The Bertz CT molecular complexity index is 457. The van der Waals surface area contributed by atoms with Crippen LogP contribution in [0.2, 0.25) is 0 Å². The summed E-state index contributed by atoms with van der Waals surface area (Å²) >= 11 is 0. The molecule has 1 heteroatoms. The van der Waals surface area contributed by atoms with Gasteiger partial charge in [0.2, 0.25) is 0 Å². The van der Waals surface area contributed by atoms with Crippen molar-refractivity contribution < 1.29 is 0 Å². The zero-order chi connectivity index (χ0) is 13.1. The molecule has 1 aromatic carbocycles. The molecule has 0 saturated heterocycles. The highest BCUT2D eigenvalue weighted by molar-refractivity contribution is 5.53. The summed E-state index contributed by atoms with van der Waals surface area (Å²) in [6, 6.07) is 14.0. The van der Waals surface area contributed by atoms with Gasteiger partial charge in [0.25, 0.3) is 0 Å². The SMILES string of the molecule is C/C=C\C=C/c1ccncc1C.c1ccccc1. The zero-order valence-electron chi connectivity index (χ0n) is 11.0. The van der Waals surface area contributed by atoms with Crippen molar-refractivity contribution in [2.24, 2.45) is 0 Å². The molecule has 0 aliphatic heterocycles. The van der Waals surface area contributed by atoms with Crippen LogP contribution in [0.25, 0.3) is 6.08 Å². The largest absolute Gasteiger partial charge is 0.264 e. The first-order chi connectivity index (χ1) is 8.84. The Labute approximate surface area is 110 Å². The Kier molecular flexibility index (Phi) is 6.91. The molecule has 0 N–H and O–H groups in total. The summed E-state index contributed by atoms with van der Waals surface area (Å²) < 4.78 is 0. The van der Waals surface area contributed by atoms with Crippen molar-refractivity contribution in [1.29, 1.82) is 0 Å². The lowest BCUT2D eigenvalue weighted by atomic mass is 10.1. The quantitative estimate of drug-likeness (QED) is 0.692. The third kappa shape index (κ3) is 5.80. The van der Waals surface area contributed by atoms with Gasteiger partial charge in [0.05, 0.1) is 0 Å². The van der Waals surface area contributed by atoms with Gasteiger partial charge >= 0.3 is 0 Å². The summed E-state index contributed by atoms with van der Waals surface area (Å²) in [5.41, 5.74) is 2.43.